The SMILES string of the molecule is NS(=O)(=O)/C=C/c1c(F)c(F)c(F)c(F)c1F. The van der Waals surface area contributed by atoms with Crippen LogP contribution in [0.15, 0.2) is 5.41 Å². The lowest BCUT2D eigenvalue weighted by atomic mass is 10.1. The molecule has 0 saturated heterocycles. The molecule has 17 heavy (non-hydrogen) atoms. The number of nitrogens with two attached hydrogens (primary N) is 1. The Bertz CT molecular complexity index is 567. The molecule has 0 saturated carbocycles. The molecule has 0 spiro atoms. The molecule has 9 heteroatoms. The molecule has 94 valence electrons. The van der Waals surface area contributed by atoms with Gasteiger partial charge in [-0.3, -0.25) is 0 Å². The highest BCUT2D eigenvalue weighted by Gasteiger charge is 2.24. The number of benzene rings is 1. The first-order chi connectivity index (χ1) is 7.65. The zero-order valence-corrected chi connectivity index (χ0v) is 8.66. The number of hydrogen-bond acceptors (Lipinski definition) is 2. The molecule has 1 aromatic rings. The smallest absolute Gasteiger partial charge is 0.225 e. The van der Waals surface area contributed by atoms with Crippen LogP contribution < -0.4 is 5.14 Å². The number of halogens is 5. The van der Waals surface area contributed by atoms with E-state index < -0.39 is 44.7 Å². The van der Waals surface area contributed by atoms with Crippen molar-refractivity contribution in [2.24, 2.45) is 5.14 Å². The van der Waals surface area contributed by atoms with Gasteiger partial charge in [0.2, 0.25) is 15.8 Å². The van der Waals surface area contributed by atoms with Crippen LogP contribution >= 0.6 is 0 Å². The maximum absolute atomic E-state index is 13.0. The fraction of sp³-hybridized carbons (Fsp3) is 0. The lowest BCUT2D eigenvalue weighted by molar-refractivity contribution is 0.377. The number of hydrogen-bond donors (Lipinski definition) is 1. The van der Waals surface area contributed by atoms with Crippen LogP contribution in [0, 0.1) is 29.1 Å². The van der Waals surface area contributed by atoms with Gasteiger partial charge in [-0.1, -0.05) is 0 Å². The highest BCUT2D eigenvalue weighted by atomic mass is 32.2. The van der Waals surface area contributed by atoms with Crippen molar-refractivity contribution in [2.45, 2.75) is 0 Å². The summed E-state index contributed by atoms with van der Waals surface area (Å²) < 4.78 is 84.7. The standard InChI is InChI=1S/C8H4F5NO2S/c9-4-3(1-2-17(14,15)16)5(10)7(12)8(13)6(4)11/h1-2H,(H2,14,15,16)/b2-1+. The average Bonchev–Trinajstić information content (AvgIpc) is 2.22. The molecule has 0 radical (unpaired) electrons. The second kappa shape index (κ2) is 4.41. The van der Waals surface area contributed by atoms with Crippen molar-refractivity contribution in [3.8, 4) is 0 Å². The van der Waals surface area contributed by atoms with E-state index in [1.807, 2.05) is 0 Å². The number of primary sulfonamides is 1. The van der Waals surface area contributed by atoms with E-state index in [2.05, 4.69) is 5.14 Å². The third kappa shape index (κ3) is 2.80. The summed E-state index contributed by atoms with van der Waals surface area (Å²) in [5.74, 6) is -10.9. The van der Waals surface area contributed by atoms with Crippen molar-refractivity contribution in [1.82, 2.24) is 0 Å². The minimum absolute atomic E-state index is 0.116. The Kier molecular flexibility index (Phi) is 3.53. The minimum atomic E-state index is -4.24. The first-order valence-electron chi connectivity index (χ1n) is 3.87. The van der Waals surface area contributed by atoms with Gasteiger partial charge in [0.15, 0.2) is 23.3 Å². The van der Waals surface area contributed by atoms with Crippen molar-refractivity contribution >= 4 is 16.1 Å². The zero-order chi connectivity index (χ0) is 13.4. The van der Waals surface area contributed by atoms with Crippen LogP contribution in [-0.4, -0.2) is 8.42 Å². The van der Waals surface area contributed by atoms with E-state index in [-0.39, 0.29) is 11.5 Å². The number of rotatable bonds is 2. The summed E-state index contributed by atoms with van der Waals surface area (Å²) in [5, 5.41) is 4.58. The summed E-state index contributed by atoms with van der Waals surface area (Å²) in [6, 6.07) is 0. The molecular weight excluding hydrogens is 269 g/mol. The predicted molar refractivity (Wildman–Crippen MR) is 48.4 cm³/mol. The van der Waals surface area contributed by atoms with Crippen LogP contribution in [0.1, 0.15) is 5.56 Å². The Labute approximate surface area is 92.4 Å². The summed E-state index contributed by atoms with van der Waals surface area (Å²) in [7, 11) is -4.24. The van der Waals surface area contributed by atoms with Gasteiger partial charge in [0.05, 0.1) is 5.56 Å². The molecule has 0 unspecified atom stereocenters. The van der Waals surface area contributed by atoms with Gasteiger partial charge < -0.3 is 0 Å². The van der Waals surface area contributed by atoms with Gasteiger partial charge in [0, 0.05) is 5.41 Å². The van der Waals surface area contributed by atoms with Gasteiger partial charge in [-0.15, -0.1) is 0 Å². The van der Waals surface area contributed by atoms with E-state index in [1.165, 1.54) is 0 Å². The van der Waals surface area contributed by atoms with Crippen molar-refractivity contribution in [3.05, 3.63) is 40.1 Å². The molecule has 0 heterocycles. The van der Waals surface area contributed by atoms with Crippen molar-refractivity contribution in [2.75, 3.05) is 0 Å². The van der Waals surface area contributed by atoms with Gasteiger partial charge in [0.25, 0.3) is 0 Å². The molecule has 0 fully saturated rings. The topological polar surface area (TPSA) is 60.2 Å². The lowest BCUT2D eigenvalue weighted by Gasteiger charge is -2.03. The van der Waals surface area contributed by atoms with E-state index in [9.17, 15) is 30.4 Å². The summed E-state index contributed by atoms with van der Waals surface area (Å²) in [6.07, 6.45) is 0.186. The van der Waals surface area contributed by atoms with Crippen LogP contribution in [0.5, 0.6) is 0 Å². The van der Waals surface area contributed by atoms with Crippen LogP contribution in [0.25, 0.3) is 6.08 Å². The van der Waals surface area contributed by atoms with Gasteiger partial charge in [0.1, 0.15) is 0 Å². The van der Waals surface area contributed by atoms with E-state index in [0.29, 0.717) is 0 Å². The van der Waals surface area contributed by atoms with E-state index in [1.54, 1.807) is 0 Å². The molecule has 0 amide bonds. The van der Waals surface area contributed by atoms with Crippen molar-refractivity contribution in [3.63, 3.8) is 0 Å². The molecule has 0 atom stereocenters. The Morgan fingerprint density at radius 2 is 1.18 bits per heavy atom. The quantitative estimate of drug-likeness (QED) is 0.506. The lowest BCUT2D eigenvalue weighted by Crippen LogP contribution is -2.08. The summed E-state index contributed by atoms with van der Waals surface area (Å²) in [5.41, 5.74) is -1.38. The first-order valence-corrected chi connectivity index (χ1v) is 5.48. The van der Waals surface area contributed by atoms with Crippen LogP contribution in [-0.2, 0) is 10.0 Å². The van der Waals surface area contributed by atoms with E-state index >= 15 is 0 Å². The van der Waals surface area contributed by atoms with E-state index in [0.717, 1.165) is 0 Å². The fourth-order valence-electron chi connectivity index (χ4n) is 0.931. The van der Waals surface area contributed by atoms with E-state index in [4.69, 9.17) is 0 Å². The first kappa shape index (κ1) is 13.6. The molecule has 1 aromatic carbocycles. The molecule has 0 aliphatic rings. The molecule has 2 N–H and O–H groups in total. The Balaban J connectivity index is 3.51. The van der Waals surface area contributed by atoms with Crippen LogP contribution in [0.3, 0.4) is 0 Å². The second-order valence-corrected chi connectivity index (χ2v) is 4.33. The molecule has 0 aliphatic carbocycles. The summed E-state index contributed by atoms with van der Waals surface area (Å²) in [4.78, 5) is 0. The van der Waals surface area contributed by atoms with Crippen molar-refractivity contribution in [1.29, 1.82) is 0 Å². The Hall–Kier alpha value is -1.48. The third-order valence-electron chi connectivity index (χ3n) is 1.67. The molecule has 0 aliphatic heterocycles. The summed E-state index contributed by atoms with van der Waals surface area (Å²) in [6.45, 7) is 0. The average molecular weight is 273 g/mol. The monoisotopic (exact) mass is 273 g/mol. The summed E-state index contributed by atoms with van der Waals surface area (Å²) >= 11 is 0. The molecule has 0 aromatic heterocycles. The van der Waals surface area contributed by atoms with Gasteiger partial charge in [-0.25, -0.2) is 35.5 Å². The van der Waals surface area contributed by atoms with Gasteiger partial charge in [-0.05, 0) is 6.08 Å². The largest absolute Gasteiger partial charge is 0.231 e. The highest BCUT2D eigenvalue weighted by Crippen LogP contribution is 2.23. The third-order valence-corrected chi connectivity index (χ3v) is 2.18. The predicted octanol–water partition coefficient (Wildman–Crippen LogP) is 1.64. The Morgan fingerprint density at radius 1 is 0.824 bits per heavy atom. The zero-order valence-electron chi connectivity index (χ0n) is 7.85. The highest BCUT2D eigenvalue weighted by molar-refractivity contribution is 7.92. The number of sulfonamides is 1. The molecule has 0 bridgehead atoms. The fourth-order valence-corrected chi connectivity index (χ4v) is 1.26. The maximum Gasteiger partial charge on any atom is 0.231 e. The van der Waals surface area contributed by atoms with Gasteiger partial charge in [-0.2, -0.15) is 0 Å². The maximum atomic E-state index is 13.0. The van der Waals surface area contributed by atoms with Crippen LogP contribution in [0.2, 0.25) is 0 Å². The molecule has 3 nitrogen and oxygen atoms in total. The Morgan fingerprint density at radius 3 is 1.53 bits per heavy atom. The minimum Gasteiger partial charge on any atom is -0.225 e. The molecule has 1 rings (SSSR count). The second-order valence-electron chi connectivity index (χ2n) is 2.88. The van der Waals surface area contributed by atoms with Crippen LogP contribution in [0.4, 0.5) is 22.0 Å². The molecular formula is C8H4F5NO2S. The van der Waals surface area contributed by atoms with Gasteiger partial charge >= 0.3 is 0 Å². The normalized spacial score (nSPS) is 12.4. The van der Waals surface area contributed by atoms with Crippen molar-refractivity contribution < 1.29 is 30.4 Å².